The fraction of sp³-hybridized carbons (Fsp3) is 0.0588. The van der Waals surface area contributed by atoms with Crippen molar-refractivity contribution < 1.29 is 8.91 Å². The van der Waals surface area contributed by atoms with Gasteiger partial charge in [-0.1, -0.05) is 41.9 Å². The van der Waals surface area contributed by atoms with Crippen LogP contribution in [0.3, 0.4) is 0 Å². The van der Waals surface area contributed by atoms with E-state index in [1.165, 1.54) is 6.07 Å². The molecule has 5 nitrogen and oxygen atoms in total. The standard InChI is InChI=1S/C17H10ClFN2O3/c18-11-7-13-10(6-12(11)19)15(22)14-16(20-24-17(14)23)21(13)8-9-4-2-1-3-5-9/h1-7,20H,8H2. The Morgan fingerprint density at radius 3 is 2.67 bits per heavy atom. The first-order valence-electron chi connectivity index (χ1n) is 7.13. The number of hydrogen-bond donors (Lipinski definition) is 1. The summed E-state index contributed by atoms with van der Waals surface area (Å²) in [6, 6.07) is 11.9. The second-order valence-corrected chi connectivity index (χ2v) is 5.81. The summed E-state index contributed by atoms with van der Waals surface area (Å²) < 4.78 is 20.3. The number of benzene rings is 2. The van der Waals surface area contributed by atoms with Gasteiger partial charge in [-0.2, -0.15) is 0 Å². The van der Waals surface area contributed by atoms with Crippen molar-refractivity contribution in [1.82, 2.24) is 9.72 Å². The predicted octanol–water partition coefficient (Wildman–Crippen LogP) is 3.28. The first-order chi connectivity index (χ1) is 11.6. The highest BCUT2D eigenvalue weighted by Gasteiger charge is 2.18. The molecule has 0 atom stereocenters. The minimum absolute atomic E-state index is 0.0761. The molecular formula is C17H10ClFN2O3. The largest absolute Gasteiger partial charge is 0.370 e. The van der Waals surface area contributed by atoms with Gasteiger partial charge in [0.1, 0.15) is 5.82 Å². The Bertz CT molecular complexity index is 1190. The summed E-state index contributed by atoms with van der Waals surface area (Å²) in [7, 11) is 0. The van der Waals surface area contributed by atoms with Crippen molar-refractivity contribution in [3.63, 3.8) is 0 Å². The highest BCUT2D eigenvalue weighted by atomic mass is 35.5. The van der Waals surface area contributed by atoms with Crippen LogP contribution in [0.25, 0.3) is 21.9 Å². The number of nitrogens with one attached hydrogen (secondary N) is 1. The molecule has 0 spiro atoms. The molecule has 2 aromatic heterocycles. The lowest BCUT2D eigenvalue weighted by Gasteiger charge is -2.12. The van der Waals surface area contributed by atoms with E-state index in [0.29, 0.717) is 12.1 Å². The number of rotatable bonds is 2. The molecule has 0 fully saturated rings. The van der Waals surface area contributed by atoms with Crippen LogP contribution in [0.1, 0.15) is 5.56 Å². The molecule has 2 aromatic carbocycles. The van der Waals surface area contributed by atoms with Gasteiger partial charge in [0.25, 0.3) is 0 Å². The Kier molecular flexibility index (Phi) is 3.28. The molecule has 0 bridgehead atoms. The van der Waals surface area contributed by atoms with Gasteiger partial charge in [-0.05, 0) is 17.7 Å². The quantitative estimate of drug-likeness (QED) is 0.607. The van der Waals surface area contributed by atoms with Gasteiger partial charge in [0.05, 0.1) is 10.5 Å². The third-order valence-corrected chi connectivity index (χ3v) is 4.23. The lowest BCUT2D eigenvalue weighted by atomic mass is 10.1. The third kappa shape index (κ3) is 2.15. The van der Waals surface area contributed by atoms with E-state index in [2.05, 4.69) is 5.16 Å². The van der Waals surface area contributed by atoms with E-state index < -0.39 is 16.9 Å². The number of fused-ring (bicyclic) bond motifs is 2. The van der Waals surface area contributed by atoms with Gasteiger partial charge in [-0.25, -0.2) is 14.3 Å². The maximum Gasteiger partial charge on any atom is 0.370 e. The van der Waals surface area contributed by atoms with Gasteiger partial charge in [0, 0.05) is 11.9 Å². The van der Waals surface area contributed by atoms with Crippen molar-refractivity contribution in [2.45, 2.75) is 6.54 Å². The van der Waals surface area contributed by atoms with Crippen LogP contribution in [0.5, 0.6) is 0 Å². The van der Waals surface area contributed by atoms with Gasteiger partial charge in [0.15, 0.2) is 11.0 Å². The van der Waals surface area contributed by atoms with Crippen molar-refractivity contribution in [2.75, 3.05) is 0 Å². The minimum Gasteiger partial charge on any atom is -0.336 e. The molecule has 4 rings (SSSR count). The van der Waals surface area contributed by atoms with Gasteiger partial charge in [0.2, 0.25) is 5.43 Å². The normalized spacial score (nSPS) is 11.4. The van der Waals surface area contributed by atoms with Gasteiger partial charge < -0.3 is 9.09 Å². The van der Waals surface area contributed by atoms with Crippen LogP contribution in [0.2, 0.25) is 5.02 Å². The van der Waals surface area contributed by atoms with E-state index in [1.807, 2.05) is 30.3 Å². The summed E-state index contributed by atoms with van der Waals surface area (Å²) in [6.07, 6.45) is 0. The maximum atomic E-state index is 13.8. The first-order valence-corrected chi connectivity index (χ1v) is 7.50. The maximum absolute atomic E-state index is 13.8. The van der Waals surface area contributed by atoms with Gasteiger partial charge in [-0.3, -0.25) is 4.79 Å². The molecule has 4 aromatic rings. The van der Waals surface area contributed by atoms with Gasteiger partial charge >= 0.3 is 5.63 Å². The zero-order valence-corrected chi connectivity index (χ0v) is 12.9. The molecule has 1 N–H and O–H groups in total. The number of aromatic nitrogens is 2. The zero-order chi connectivity index (χ0) is 16.8. The summed E-state index contributed by atoms with van der Waals surface area (Å²) in [4.78, 5) is 24.4. The Balaban J connectivity index is 2.15. The number of nitrogens with zero attached hydrogens (tertiary/aromatic N) is 1. The fourth-order valence-electron chi connectivity index (χ4n) is 2.81. The monoisotopic (exact) mass is 344 g/mol. The van der Waals surface area contributed by atoms with Crippen molar-refractivity contribution in [1.29, 1.82) is 0 Å². The highest BCUT2D eigenvalue weighted by Crippen LogP contribution is 2.24. The smallest absolute Gasteiger partial charge is 0.336 e. The molecule has 0 radical (unpaired) electrons. The predicted molar refractivity (Wildman–Crippen MR) is 89.1 cm³/mol. The molecule has 0 aliphatic carbocycles. The molecule has 0 aliphatic rings. The molecule has 7 heteroatoms. The fourth-order valence-corrected chi connectivity index (χ4v) is 2.97. The summed E-state index contributed by atoms with van der Waals surface area (Å²) in [6.45, 7) is 0.353. The number of halogens is 2. The van der Waals surface area contributed by atoms with E-state index in [-0.39, 0.29) is 21.4 Å². The van der Waals surface area contributed by atoms with E-state index in [9.17, 15) is 14.0 Å². The molecule has 0 aliphatic heterocycles. The number of pyridine rings is 1. The number of hydrogen-bond acceptors (Lipinski definition) is 3. The van der Waals surface area contributed by atoms with Crippen LogP contribution < -0.4 is 11.1 Å². The highest BCUT2D eigenvalue weighted by molar-refractivity contribution is 6.31. The van der Waals surface area contributed by atoms with E-state index in [4.69, 9.17) is 16.1 Å². The molecule has 120 valence electrons. The number of H-pyrrole nitrogens is 1. The summed E-state index contributed by atoms with van der Waals surface area (Å²) in [5.41, 5.74) is 0.221. The van der Waals surface area contributed by atoms with E-state index >= 15 is 0 Å². The van der Waals surface area contributed by atoms with Crippen LogP contribution >= 0.6 is 11.6 Å². The van der Waals surface area contributed by atoms with Crippen LogP contribution in [0.15, 0.2) is 56.6 Å². The van der Waals surface area contributed by atoms with Crippen LogP contribution in [0, 0.1) is 5.82 Å². The van der Waals surface area contributed by atoms with E-state index in [1.54, 1.807) is 4.57 Å². The average Bonchev–Trinajstić information content (AvgIpc) is 2.96. The minimum atomic E-state index is -0.783. The van der Waals surface area contributed by atoms with Crippen LogP contribution in [0.4, 0.5) is 4.39 Å². The third-order valence-electron chi connectivity index (χ3n) is 3.94. The topological polar surface area (TPSA) is 68.0 Å². The summed E-state index contributed by atoms with van der Waals surface area (Å²) in [5, 5.41) is 2.32. The Hall–Kier alpha value is -2.86. The average molecular weight is 345 g/mol. The lowest BCUT2D eigenvalue weighted by Crippen LogP contribution is -2.15. The zero-order valence-electron chi connectivity index (χ0n) is 12.2. The second kappa shape index (κ2) is 5.35. The van der Waals surface area contributed by atoms with Crippen molar-refractivity contribution in [2.24, 2.45) is 0 Å². The Morgan fingerprint density at radius 2 is 1.92 bits per heavy atom. The molecule has 0 amide bonds. The first kappa shape index (κ1) is 14.7. The Morgan fingerprint density at radius 1 is 1.17 bits per heavy atom. The number of aromatic amines is 1. The second-order valence-electron chi connectivity index (χ2n) is 5.40. The summed E-state index contributed by atoms with van der Waals surface area (Å²) >= 11 is 5.89. The molecule has 0 saturated heterocycles. The molecule has 2 heterocycles. The lowest BCUT2D eigenvalue weighted by molar-refractivity contribution is 0.396. The van der Waals surface area contributed by atoms with Crippen molar-refractivity contribution in [3.05, 3.63) is 79.5 Å². The molecule has 0 unspecified atom stereocenters. The van der Waals surface area contributed by atoms with Crippen molar-refractivity contribution >= 4 is 33.5 Å². The molecule has 0 saturated carbocycles. The van der Waals surface area contributed by atoms with Crippen LogP contribution in [-0.4, -0.2) is 9.72 Å². The van der Waals surface area contributed by atoms with Crippen molar-refractivity contribution in [3.8, 4) is 0 Å². The SMILES string of the molecule is O=c1o[nH]c2c1c(=O)c1cc(F)c(Cl)cc1n2Cc1ccccc1. The molecular weight excluding hydrogens is 335 g/mol. The summed E-state index contributed by atoms with van der Waals surface area (Å²) in [5.74, 6) is -0.716. The Labute approximate surface area is 138 Å². The molecule has 24 heavy (non-hydrogen) atoms. The van der Waals surface area contributed by atoms with Crippen LogP contribution in [-0.2, 0) is 6.54 Å². The van der Waals surface area contributed by atoms with Gasteiger partial charge in [-0.15, -0.1) is 0 Å². The van der Waals surface area contributed by atoms with E-state index in [0.717, 1.165) is 11.6 Å².